The van der Waals surface area contributed by atoms with Gasteiger partial charge in [-0.05, 0) is 0 Å². The molecule has 0 N–H and O–H groups in total. The first-order chi connectivity index (χ1) is 15.1. The quantitative estimate of drug-likeness (QED) is 0.193. The van der Waals surface area contributed by atoms with Gasteiger partial charge in [-0.3, -0.25) is 0 Å². The molecule has 0 aliphatic carbocycles. The molecule has 0 atom stereocenters. The Morgan fingerprint density at radius 3 is 1.19 bits per heavy atom. The summed E-state index contributed by atoms with van der Waals surface area (Å²) in [5, 5.41) is 0. The monoisotopic (exact) mass is 580 g/mol. The fourth-order valence-electron chi connectivity index (χ4n) is 4.23. The third-order valence-corrected chi connectivity index (χ3v) is 22.2. The van der Waals surface area contributed by atoms with E-state index < -0.39 is 18.4 Å². The number of rotatable bonds is 2. The zero-order chi connectivity index (χ0) is 21.0. The standard InChI is InChI=1S/2C12H7S2.2CH3.Sn/c2*1-2-6-10-9(5-1)13-11-7-3-4-8-12(11)14-10;;;/h2*1-7H;2*1H3;. The molecule has 4 aromatic rings. The zero-order valence-corrected chi connectivity index (χ0v) is 23.3. The zero-order valence-electron chi connectivity index (χ0n) is 17.2. The van der Waals surface area contributed by atoms with Gasteiger partial charge in [-0.2, -0.15) is 0 Å². The first kappa shape index (κ1) is 20.7. The number of benzene rings is 4. The molecular weight excluding hydrogens is 559 g/mol. The van der Waals surface area contributed by atoms with Crippen LogP contribution in [-0.2, 0) is 0 Å². The van der Waals surface area contributed by atoms with Crippen LogP contribution in [-0.4, -0.2) is 18.4 Å². The second kappa shape index (κ2) is 8.14. The summed E-state index contributed by atoms with van der Waals surface area (Å²) in [6, 6.07) is 31.6. The molecule has 0 aromatic heterocycles. The van der Waals surface area contributed by atoms with Gasteiger partial charge in [-0.15, -0.1) is 0 Å². The number of fused-ring (bicyclic) bond motifs is 4. The summed E-state index contributed by atoms with van der Waals surface area (Å²) in [5.41, 5.74) is 0. The molecule has 2 heterocycles. The second-order valence-corrected chi connectivity index (χ2v) is 24.8. The molecule has 0 amide bonds. The molecule has 0 fully saturated rings. The Balaban J connectivity index is 1.47. The fraction of sp³-hybridized carbons (Fsp3) is 0.0769. The molecule has 0 radical (unpaired) electrons. The van der Waals surface area contributed by atoms with Crippen LogP contribution in [0, 0.1) is 0 Å². The summed E-state index contributed by atoms with van der Waals surface area (Å²) in [7, 11) is 0. The van der Waals surface area contributed by atoms with Crippen LogP contribution in [0.5, 0.6) is 0 Å². The Morgan fingerprint density at radius 2 is 0.774 bits per heavy atom. The van der Waals surface area contributed by atoms with E-state index in [9.17, 15) is 0 Å². The van der Waals surface area contributed by atoms with Gasteiger partial charge in [0.2, 0.25) is 0 Å². The molecule has 31 heavy (non-hydrogen) atoms. The molecule has 0 saturated carbocycles. The summed E-state index contributed by atoms with van der Waals surface area (Å²) < 4.78 is 3.24. The Hall–Kier alpha value is -0.921. The van der Waals surface area contributed by atoms with Crippen molar-refractivity contribution in [3.63, 3.8) is 0 Å². The van der Waals surface area contributed by atoms with Crippen LogP contribution in [0.25, 0.3) is 0 Å². The summed E-state index contributed by atoms with van der Waals surface area (Å²) in [4.78, 5) is 16.6. The summed E-state index contributed by atoms with van der Waals surface area (Å²) in [6.07, 6.45) is 0. The van der Waals surface area contributed by atoms with E-state index in [1.807, 2.05) is 47.0 Å². The fourth-order valence-corrected chi connectivity index (χ4v) is 21.4. The molecule has 2 aliphatic heterocycles. The second-order valence-electron chi connectivity index (χ2n) is 8.19. The van der Waals surface area contributed by atoms with E-state index >= 15 is 0 Å². The van der Waals surface area contributed by atoms with E-state index in [1.165, 1.54) is 39.2 Å². The average molecular weight is 579 g/mol. The van der Waals surface area contributed by atoms with Gasteiger partial charge in [0.25, 0.3) is 0 Å². The summed E-state index contributed by atoms with van der Waals surface area (Å²) in [6.45, 7) is 0. The third-order valence-electron chi connectivity index (χ3n) is 5.87. The molecule has 0 bridgehead atoms. The van der Waals surface area contributed by atoms with Crippen molar-refractivity contribution in [1.82, 2.24) is 0 Å². The van der Waals surface area contributed by atoms with E-state index in [4.69, 9.17) is 0 Å². The number of hydrogen-bond donors (Lipinski definition) is 0. The van der Waals surface area contributed by atoms with Crippen LogP contribution in [0.1, 0.15) is 0 Å². The third kappa shape index (κ3) is 3.59. The van der Waals surface area contributed by atoms with Crippen molar-refractivity contribution in [2.45, 2.75) is 49.0 Å². The van der Waals surface area contributed by atoms with Crippen molar-refractivity contribution < 1.29 is 0 Å². The van der Waals surface area contributed by atoms with E-state index in [0.717, 1.165) is 0 Å². The molecule has 2 aliphatic rings. The molecule has 0 unspecified atom stereocenters. The molecule has 152 valence electrons. The molecular formula is C26H20S4Sn. The molecule has 0 saturated heterocycles. The Kier molecular flexibility index (Phi) is 5.43. The average Bonchev–Trinajstić information content (AvgIpc) is 2.80. The van der Waals surface area contributed by atoms with Gasteiger partial charge in [-0.25, -0.2) is 0 Å². The molecule has 6 rings (SSSR count). The Morgan fingerprint density at radius 1 is 0.419 bits per heavy atom. The Bertz CT molecular complexity index is 1230. The van der Waals surface area contributed by atoms with Crippen LogP contribution in [0.3, 0.4) is 0 Å². The van der Waals surface area contributed by atoms with Crippen LogP contribution in [0.4, 0.5) is 0 Å². The molecule has 4 aromatic carbocycles. The summed E-state index contributed by atoms with van der Waals surface area (Å²) in [5.74, 6) is 0. The molecule has 0 nitrogen and oxygen atoms in total. The van der Waals surface area contributed by atoms with E-state index in [-0.39, 0.29) is 0 Å². The molecule has 0 spiro atoms. The predicted octanol–water partition coefficient (Wildman–Crippen LogP) is 7.74. The molecule has 5 heteroatoms. The van der Waals surface area contributed by atoms with Crippen LogP contribution < -0.4 is 7.16 Å². The van der Waals surface area contributed by atoms with Gasteiger partial charge >= 0.3 is 207 Å². The van der Waals surface area contributed by atoms with Gasteiger partial charge in [0.1, 0.15) is 0 Å². The predicted molar refractivity (Wildman–Crippen MR) is 139 cm³/mol. The van der Waals surface area contributed by atoms with Gasteiger partial charge in [-0.1, -0.05) is 0 Å². The summed E-state index contributed by atoms with van der Waals surface area (Å²) >= 11 is 4.96. The van der Waals surface area contributed by atoms with Crippen molar-refractivity contribution in [1.29, 1.82) is 0 Å². The minimum atomic E-state index is -2.86. The van der Waals surface area contributed by atoms with E-state index in [2.05, 4.69) is 94.8 Å². The van der Waals surface area contributed by atoms with E-state index in [1.54, 1.807) is 7.16 Å². The maximum absolute atomic E-state index is 2.86. The van der Waals surface area contributed by atoms with Crippen molar-refractivity contribution >= 4 is 72.6 Å². The maximum atomic E-state index is 2.59. The van der Waals surface area contributed by atoms with E-state index in [0.29, 0.717) is 0 Å². The van der Waals surface area contributed by atoms with Crippen molar-refractivity contribution in [2.75, 3.05) is 0 Å². The topological polar surface area (TPSA) is 0 Å². The SMILES string of the molecule is [CH3][Sn]([CH3])([c]1cccc2c1Sc1ccccc1S2)[c]1cccc2c1Sc1ccccc1S2. The van der Waals surface area contributed by atoms with Gasteiger partial charge in [0.05, 0.1) is 0 Å². The van der Waals surface area contributed by atoms with Crippen molar-refractivity contribution in [3.8, 4) is 0 Å². The van der Waals surface area contributed by atoms with Crippen molar-refractivity contribution in [3.05, 3.63) is 84.9 Å². The van der Waals surface area contributed by atoms with Gasteiger partial charge in [0, 0.05) is 0 Å². The van der Waals surface area contributed by atoms with Crippen LogP contribution >= 0.6 is 47.0 Å². The normalized spacial score (nSPS) is 14.3. The van der Waals surface area contributed by atoms with Crippen LogP contribution in [0.15, 0.2) is 124 Å². The Labute approximate surface area is 204 Å². The first-order valence-corrected chi connectivity index (χ1v) is 22.1. The van der Waals surface area contributed by atoms with Crippen molar-refractivity contribution in [2.24, 2.45) is 0 Å². The van der Waals surface area contributed by atoms with Gasteiger partial charge < -0.3 is 0 Å². The number of hydrogen-bond acceptors (Lipinski definition) is 4. The van der Waals surface area contributed by atoms with Crippen LogP contribution in [0.2, 0.25) is 9.88 Å². The van der Waals surface area contributed by atoms with Gasteiger partial charge in [0.15, 0.2) is 0 Å². The minimum absolute atomic E-state index is 1.38. The first-order valence-electron chi connectivity index (χ1n) is 10.3.